The molecule has 6 nitrogen and oxygen atoms in total. The van der Waals surface area contributed by atoms with E-state index in [0.717, 1.165) is 25.1 Å². The number of aliphatic hydroxyl groups excluding tert-OH is 1. The maximum atomic E-state index is 9.97. The van der Waals surface area contributed by atoms with E-state index in [4.69, 9.17) is 9.26 Å². The molecule has 1 aliphatic rings. The van der Waals surface area contributed by atoms with Gasteiger partial charge in [-0.2, -0.15) is 4.98 Å². The van der Waals surface area contributed by atoms with Crippen molar-refractivity contribution in [2.75, 3.05) is 20.2 Å². The monoisotopic (exact) mass is 317 g/mol. The Labute approximate surface area is 136 Å². The van der Waals surface area contributed by atoms with E-state index in [2.05, 4.69) is 27.2 Å². The number of aliphatic hydroxyl groups is 1. The van der Waals surface area contributed by atoms with Crippen LogP contribution in [-0.4, -0.2) is 46.5 Å². The number of nitrogens with zero attached hydrogens (tertiary/aromatic N) is 3. The molecule has 6 heteroatoms. The van der Waals surface area contributed by atoms with Crippen LogP contribution < -0.4 is 4.74 Å². The van der Waals surface area contributed by atoms with Crippen molar-refractivity contribution in [2.24, 2.45) is 0 Å². The Bertz CT molecular complexity index is 644. The highest BCUT2D eigenvalue weighted by molar-refractivity contribution is 5.28. The molecule has 0 spiro atoms. The summed E-state index contributed by atoms with van der Waals surface area (Å²) in [6.45, 7) is 3.36. The molecule has 0 bridgehead atoms. The van der Waals surface area contributed by atoms with E-state index in [1.807, 2.05) is 19.1 Å². The Morgan fingerprint density at radius 2 is 2.30 bits per heavy atom. The summed E-state index contributed by atoms with van der Waals surface area (Å²) in [7, 11) is 1.68. The van der Waals surface area contributed by atoms with Gasteiger partial charge in [0.1, 0.15) is 5.75 Å². The van der Waals surface area contributed by atoms with E-state index in [0.29, 0.717) is 24.7 Å². The third-order valence-corrected chi connectivity index (χ3v) is 4.25. The summed E-state index contributed by atoms with van der Waals surface area (Å²) in [5.41, 5.74) is 1.26. The molecule has 1 saturated heterocycles. The summed E-state index contributed by atoms with van der Waals surface area (Å²) in [6.07, 6.45) is 2.30. The third kappa shape index (κ3) is 3.89. The van der Waals surface area contributed by atoms with Crippen LogP contribution in [0.3, 0.4) is 0 Å². The first kappa shape index (κ1) is 16.0. The van der Waals surface area contributed by atoms with Crippen molar-refractivity contribution in [3.63, 3.8) is 0 Å². The zero-order valence-corrected chi connectivity index (χ0v) is 13.6. The van der Waals surface area contributed by atoms with Crippen LogP contribution in [0.1, 0.15) is 36.2 Å². The van der Waals surface area contributed by atoms with Crippen LogP contribution in [0.25, 0.3) is 0 Å². The molecule has 23 heavy (non-hydrogen) atoms. The summed E-state index contributed by atoms with van der Waals surface area (Å²) in [4.78, 5) is 6.55. The normalized spacial score (nSPS) is 21.7. The molecular weight excluding hydrogens is 294 g/mol. The van der Waals surface area contributed by atoms with Crippen LogP contribution >= 0.6 is 0 Å². The first-order valence-electron chi connectivity index (χ1n) is 8.01. The third-order valence-electron chi connectivity index (χ3n) is 4.25. The lowest BCUT2D eigenvalue weighted by Gasteiger charge is -2.21. The van der Waals surface area contributed by atoms with Gasteiger partial charge in [-0.25, -0.2) is 0 Å². The van der Waals surface area contributed by atoms with Crippen molar-refractivity contribution in [3.8, 4) is 5.75 Å². The largest absolute Gasteiger partial charge is 0.497 e. The summed E-state index contributed by atoms with van der Waals surface area (Å²) >= 11 is 0. The van der Waals surface area contributed by atoms with Crippen LogP contribution in [0.4, 0.5) is 0 Å². The van der Waals surface area contributed by atoms with Crippen LogP contribution in [-0.2, 0) is 6.42 Å². The fraction of sp³-hybridized carbons (Fsp3) is 0.529. The lowest BCUT2D eigenvalue weighted by Crippen LogP contribution is -2.26. The van der Waals surface area contributed by atoms with Crippen LogP contribution in [0.5, 0.6) is 5.75 Å². The van der Waals surface area contributed by atoms with Gasteiger partial charge in [-0.15, -0.1) is 0 Å². The second kappa shape index (κ2) is 7.10. The maximum Gasteiger partial charge on any atom is 0.244 e. The van der Waals surface area contributed by atoms with E-state index in [1.165, 1.54) is 5.56 Å². The fourth-order valence-corrected chi connectivity index (χ4v) is 3.15. The molecule has 3 rings (SSSR count). The minimum atomic E-state index is -0.330. The Morgan fingerprint density at radius 3 is 3.04 bits per heavy atom. The Balaban J connectivity index is 1.57. The first-order valence-corrected chi connectivity index (χ1v) is 8.01. The lowest BCUT2D eigenvalue weighted by atomic mass is 10.1. The molecule has 2 heterocycles. The standard InChI is InChI=1S/C17H23N3O3/c1-12-18-17(23-19-12)16-10-14(21)11-20(16)8-4-6-13-5-3-7-15(9-13)22-2/h3,5,7,9,14,16,21H,4,6,8,10-11H2,1-2H3/t14-,16-/m1/s1. The number of likely N-dealkylation sites (tertiary alicyclic amines) is 1. The highest BCUT2D eigenvalue weighted by Crippen LogP contribution is 2.31. The van der Waals surface area contributed by atoms with Gasteiger partial charge in [0.2, 0.25) is 5.89 Å². The average molecular weight is 317 g/mol. The number of benzene rings is 1. The van der Waals surface area contributed by atoms with Crippen LogP contribution in [0.2, 0.25) is 0 Å². The second-order valence-electron chi connectivity index (χ2n) is 6.04. The fourth-order valence-electron chi connectivity index (χ4n) is 3.15. The molecular formula is C17H23N3O3. The Kier molecular flexibility index (Phi) is 4.93. The molecule has 0 aliphatic carbocycles. The van der Waals surface area contributed by atoms with Crippen LogP contribution in [0, 0.1) is 6.92 Å². The van der Waals surface area contributed by atoms with E-state index in [1.54, 1.807) is 7.11 Å². The Hall–Kier alpha value is -1.92. The predicted molar refractivity (Wildman–Crippen MR) is 85.3 cm³/mol. The zero-order valence-electron chi connectivity index (χ0n) is 13.6. The number of hydrogen-bond acceptors (Lipinski definition) is 6. The SMILES string of the molecule is COc1cccc(CCCN2C[C@H](O)C[C@@H]2c2nc(C)no2)c1. The first-order chi connectivity index (χ1) is 11.2. The molecule has 124 valence electrons. The molecule has 1 N–H and O–H groups in total. The molecule has 0 saturated carbocycles. The summed E-state index contributed by atoms with van der Waals surface area (Å²) in [6, 6.07) is 8.17. The second-order valence-corrected chi connectivity index (χ2v) is 6.04. The minimum Gasteiger partial charge on any atom is -0.497 e. The number of ether oxygens (including phenoxy) is 1. The van der Waals surface area contributed by atoms with Crippen molar-refractivity contribution < 1.29 is 14.4 Å². The van der Waals surface area contributed by atoms with Gasteiger partial charge in [0, 0.05) is 6.54 Å². The summed E-state index contributed by atoms with van der Waals surface area (Å²) < 4.78 is 10.5. The van der Waals surface area contributed by atoms with E-state index in [-0.39, 0.29) is 12.1 Å². The van der Waals surface area contributed by atoms with Crippen molar-refractivity contribution in [2.45, 2.75) is 38.3 Å². The molecule has 0 amide bonds. The smallest absolute Gasteiger partial charge is 0.244 e. The highest BCUT2D eigenvalue weighted by atomic mass is 16.5. The Morgan fingerprint density at radius 1 is 1.43 bits per heavy atom. The van der Waals surface area contributed by atoms with Crippen molar-refractivity contribution in [1.29, 1.82) is 0 Å². The van der Waals surface area contributed by atoms with Crippen molar-refractivity contribution in [3.05, 3.63) is 41.5 Å². The van der Waals surface area contributed by atoms with Gasteiger partial charge in [-0.1, -0.05) is 17.3 Å². The quantitative estimate of drug-likeness (QED) is 0.880. The number of rotatable bonds is 6. The van der Waals surface area contributed by atoms with E-state index < -0.39 is 0 Å². The van der Waals surface area contributed by atoms with Gasteiger partial charge in [-0.3, -0.25) is 4.90 Å². The molecule has 1 aliphatic heterocycles. The van der Waals surface area contributed by atoms with Gasteiger partial charge in [0.15, 0.2) is 5.82 Å². The van der Waals surface area contributed by atoms with Gasteiger partial charge < -0.3 is 14.4 Å². The minimum absolute atomic E-state index is 0.0245. The number of β-amino-alcohol motifs (C(OH)–C–C–N with tert-alkyl or cyclic N) is 1. The zero-order chi connectivity index (χ0) is 16.2. The number of methoxy groups -OCH3 is 1. The molecule has 1 aromatic heterocycles. The highest BCUT2D eigenvalue weighted by Gasteiger charge is 2.35. The van der Waals surface area contributed by atoms with Gasteiger partial charge in [0.25, 0.3) is 0 Å². The summed E-state index contributed by atoms with van der Waals surface area (Å²) in [5, 5.41) is 13.8. The van der Waals surface area contributed by atoms with Crippen LogP contribution in [0.15, 0.2) is 28.8 Å². The number of aryl methyl sites for hydroxylation is 2. The molecule has 1 aromatic carbocycles. The maximum absolute atomic E-state index is 9.97. The number of aromatic nitrogens is 2. The average Bonchev–Trinajstić information content (AvgIpc) is 3.13. The van der Waals surface area contributed by atoms with Crippen molar-refractivity contribution >= 4 is 0 Å². The summed E-state index contributed by atoms with van der Waals surface area (Å²) in [5.74, 6) is 2.14. The molecule has 2 aromatic rings. The molecule has 0 unspecified atom stereocenters. The van der Waals surface area contributed by atoms with Gasteiger partial charge >= 0.3 is 0 Å². The van der Waals surface area contributed by atoms with E-state index >= 15 is 0 Å². The van der Waals surface area contributed by atoms with E-state index in [9.17, 15) is 5.11 Å². The topological polar surface area (TPSA) is 71.6 Å². The van der Waals surface area contributed by atoms with Crippen molar-refractivity contribution in [1.82, 2.24) is 15.0 Å². The predicted octanol–water partition coefficient (Wildman–Crippen LogP) is 2.13. The molecule has 1 fully saturated rings. The van der Waals surface area contributed by atoms with Gasteiger partial charge in [0.05, 0.1) is 19.3 Å². The lowest BCUT2D eigenvalue weighted by molar-refractivity contribution is 0.172. The van der Waals surface area contributed by atoms with Gasteiger partial charge in [-0.05, 0) is 50.4 Å². The molecule has 2 atom stereocenters. The number of hydrogen-bond donors (Lipinski definition) is 1. The molecule has 0 radical (unpaired) electrons.